The number of Topliss-reactive ketones (excluding diaryl/α,β-unsaturated/α-hetero) is 1. The summed E-state index contributed by atoms with van der Waals surface area (Å²) in [7, 11) is 0. The van der Waals surface area contributed by atoms with E-state index in [1.807, 2.05) is 20.8 Å². The third-order valence-electron chi connectivity index (χ3n) is 3.47. The zero-order valence-electron chi connectivity index (χ0n) is 13.9. The molecule has 23 heavy (non-hydrogen) atoms. The second-order valence-electron chi connectivity index (χ2n) is 6.66. The molecule has 1 fully saturated rings. The lowest BCUT2D eigenvalue weighted by Crippen LogP contribution is -2.50. The maximum absolute atomic E-state index is 12.1. The minimum atomic E-state index is -0.501. The third-order valence-corrected chi connectivity index (χ3v) is 3.47. The molecule has 1 aliphatic heterocycles. The number of amides is 1. The van der Waals surface area contributed by atoms with Gasteiger partial charge >= 0.3 is 6.09 Å². The van der Waals surface area contributed by atoms with E-state index in [0.29, 0.717) is 18.8 Å². The quantitative estimate of drug-likeness (QED) is 0.849. The van der Waals surface area contributed by atoms with Gasteiger partial charge in [-0.2, -0.15) is 0 Å². The molecular weight excluding hydrogens is 296 g/mol. The molecule has 1 atom stereocenters. The number of nitrogens with one attached hydrogen (secondary N) is 1. The summed E-state index contributed by atoms with van der Waals surface area (Å²) in [5, 5.41) is 3.20. The molecule has 2 rings (SSSR count). The smallest absolute Gasteiger partial charge is 0.410 e. The van der Waals surface area contributed by atoms with Crippen molar-refractivity contribution in [2.75, 3.05) is 19.6 Å². The number of hydrogen-bond acceptors (Lipinski definition) is 6. The first-order valence-corrected chi connectivity index (χ1v) is 7.86. The first-order valence-electron chi connectivity index (χ1n) is 7.86. The summed E-state index contributed by atoms with van der Waals surface area (Å²) in [6, 6.07) is 0.0805. The highest BCUT2D eigenvalue weighted by Gasteiger charge is 2.27. The van der Waals surface area contributed by atoms with Crippen molar-refractivity contribution in [1.29, 1.82) is 0 Å². The molecule has 0 radical (unpaired) electrons. The molecule has 0 bridgehead atoms. The number of rotatable bonds is 4. The van der Waals surface area contributed by atoms with E-state index in [9.17, 15) is 9.59 Å². The number of nitrogens with zero attached hydrogens (tertiary/aromatic N) is 3. The number of likely N-dealkylation sites (tertiary alicyclic amines) is 1. The van der Waals surface area contributed by atoms with Gasteiger partial charge < -0.3 is 15.0 Å². The number of aromatic nitrogens is 2. The van der Waals surface area contributed by atoms with Gasteiger partial charge in [0.25, 0.3) is 0 Å². The van der Waals surface area contributed by atoms with Gasteiger partial charge in [0.2, 0.25) is 0 Å². The monoisotopic (exact) mass is 320 g/mol. The minimum Gasteiger partial charge on any atom is -0.444 e. The molecule has 2 heterocycles. The molecule has 1 amide bonds. The first-order chi connectivity index (χ1) is 10.8. The Hall–Kier alpha value is -2.02. The Morgan fingerprint density at radius 1 is 1.39 bits per heavy atom. The molecule has 7 heteroatoms. The fourth-order valence-corrected chi connectivity index (χ4v) is 2.41. The normalized spacial score (nSPS) is 18.6. The number of carbonyl (C=O) groups is 2. The number of hydrogen-bond donors (Lipinski definition) is 1. The first kappa shape index (κ1) is 17.3. The van der Waals surface area contributed by atoms with E-state index in [1.54, 1.807) is 4.90 Å². The summed E-state index contributed by atoms with van der Waals surface area (Å²) in [6.07, 6.45) is 5.99. The van der Waals surface area contributed by atoms with E-state index in [2.05, 4.69) is 15.3 Å². The lowest BCUT2D eigenvalue weighted by molar-refractivity contribution is 0.0188. The molecule has 0 aromatic carbocycles. The van der Waals surface area contributed by atoms with Crippen LogP contribution in [0.2, 0.25) is 0 Å². The van der Waals surface area contributed by atoms with Gasteiger partial charge in [0, 0.05) is 31.5 Å². The summed E-state index contributed by atoms with van der Waals surface area (Å²) in [6.45, 7) is 6.97. The van der Waals surface area contributed by atoms with Gasteiger partial charge in [0.15, 0.2) is 5.78 Å². The van der Waals surface area contributed by atoms with Gasteiger partial charge in [-0.15, -0.1) is 0 Å². The Balaban J connectivity index is 1.82. The van der Waals surface area contributed by atoms with Gasteiger partial charge in [-0.05, 0) is 33.6 Å². The van der Waals surface area contributed by atoms with Crippen molar-refractivity contribution in [2.24, 2.45) is 0 Å². The van der Waals surface area contributed by atoms with Crippen molar-refractivity contribution in [3.05, 3.63) is 24.3 Å². The molecule has 0 unspecified atom stereocenters. The van der Waals surface area contributed by atoms with Crippen LogP contribution in [0.5, 0.6) is 0 Å². The maximum Gasteiger partial charge on any atom is 0.410 e. The standard InChI is InChI=1S/C16H24N4O3/c1-16(2,3)23-15(22)20-8-4-5-12(11-20)19-10-14(21)13-9-17-6-7-18-13/h6-7,9,12,19H,4-5,8,10-11H2,1-3H3/t12-/m0/s1. The molecule has 0 saturated carbocycles. The van der Waals surface area contributed by atoms with Gasteiger partial charge in [0.05, 0.1) is 12.7 Å². The Morgan fingerprint density at radius 2 is 2.17 bits per heavy atom. The average molecular weight is 320 g/mol. The van der Waals surface area contributed by atoms with Gasteiger partial charge in [0.1, 0.15) is 11.3 Å². The highest BCUT2D eigenvalue weighted by atomic mass is 16.6. The Bertz CT molecular complexity index is 542. The van der Waals surface area contributed by atoms with Gasteiger partial charge in [-0.25, -0.2) is 9.78 Å². The summed E-state index contributed by atoms with van der Waals surface area (Å²) in [4.78, 5) is 33.7. The molecule has 1 aliphatic rings. The molecule has 0 aliphatic carbocycles. The van der Waals surface area contributed by atoms with E-state index in [1.165, 1.54) is 18.6 Å². The fraction of sp³-hybridized carbons (Fsp3) is 0.625. The molecular formula is C16H24N4O3. The van der Waals surface area contributed by atoms with Crippen LogP contribution in [0, 0.1) is 0 Å². The number of ketones is 1. The maximum atomic E-state index is 12.1. The number of piperidine rings is 1. The van der Waals surface area contributed by atoms with Crippen LogP contribution in [-0.2, 0) is 4.74 Å². The van der Waals surface area contributed by atoms with Gasteiger partial charge in [-0.1, -0.05) is 0 Å². The largest absolute Gasteiger partial charge is 0.444 e. The zero-order valence-corrected chi connectivity index (χ0v) is 13.9. The van der Waals surface area contributed by atoms with E-state index in [-0.39, 0.29) is 24.5 Å². The topological polar surface area (TPSA) is 84.4 Å². The van der Waals surface area contributed by atoms with Crippen LogP contribution in [0.25, 0.3) is 0 Å². The third kappa shape index (κ3) is 5.59. The molecule has 7 nitrogen and oxygen atoms in total. The minimum absolute atomic E-state index is 0.0805. The summed E-state index contributed by atoms with van der Waals surface area (Å²) in [5.41, 5.74) is -0.154. The lowest BCUT2D eigenvalue weighted by atomic mass is 10.1. The van der Waals surface area contributed by atoms with Crippen molar-refractivity contribution in [2.45, 2.75) is 45.3 Å². The molecule has 1 N–H and O–H groups in total. The lowest BCUT2D eigenvalue weighted by Gasteiger charge is -2.34. The average Bonchev–Trinajstić information content (AvgIpc) is 2.52. The van der Waals surface area contributed by atoms with Crippen LogP contribution < -0.4 is 5.32 Å². The highest BCUT2D eigenvalue weighted by Crippen LogP contribution is 2.15. The van der Waals surface area contributed by atoms with Crippen molar-refractivity contribution in [1.82, 2.24) is 20.2 Å². The van der Waals surface area contributed by atoms with Crippen LogP contribution in [0.4, 0.5) is 4.79 Å². The van der Waals surface area contributed by atoms with Crippen LogP contribution in [0.1, 0.15) is 44.1 Å². The van der Waals surface area contributed by atoms with Crippen molar-refractivity contribution in [3.63, 3.8) is 0 Å². The zero-order chi connectivity index (χ0) is 16.9. The second kappa shape index (κ2) is 7.50. The van der Waals surface area contributed by atoms with Crippen LogP contribution in [0.3, 0.4) is 0 Å². The number of carbonyl (C=O) groups excluding carboxylic acids is 2. The number of ether oxygens (including phenoxy) is 1. The Morgan fingerprint density at radius 3 is 2.83 bits per heavy atom. The van der Waals surface area contributed by atoms with Crippen molar-refractivity contribution < 1.29 is 14.3 Å². The fourth-order valence-electron chi connectivity index (χ4n) is 2.41. The van der Waals surface area contributed by atoms with E-state index >= 15 is 0 Å². The van der Waals surface area contributed by atoms with Crippen molar-refractivity contribution in [3.8, 4) is 0 Å². The molecule has 1 aromatic heterocycles. The van der Waals surface area contributed by atoms with E-state index in [4.69, 9.17) is 4.74 Å². The van der Waals surface area contributed by atoms with Crippen molar-refractivity contribution >= 4 is 11.9 Å². The summed E-state index contributed by atoms with van der Waals surface area (Å²) < 4.78 is 5.39. The van der Waals surface area contributed by atoms with Crippen LogP contribution in [0.15, 0.2) is 18.6 Å². The predicted octanol–water partition coefficient (Wildman–Crippen LogP) is 1.65. The SMILES string of the molecule is CC(C)(C)OC(=O)N1CCC[C@H](NCC(=O)c2cnccn2)C1. The van der Waals surface area contributed by atoms with Gasteiger partial charge in [-0.3, -0.25) is 9.78 Å². The second-order valence-corrected chi connectivity index (χ2v) is 6.66. The molecule has 126 valence electrons. The van der Waals surface area contributed by atoms with E-state index < -0.39 is 5.60 Å². The predicted molar refractivity (Wildman–Crippen MR) is 85.2 cm³/mol. The summed E-state index contributed by atoms with van der Waals surface area (Å²) in [5.74, 6) is -0.104. The summed E-state index contributed by atoms with van der Waals surface area (Å²) >= 11 is 0. The Kier molecular flexibility index (Phi) is 5.65. The molecule has 0 spiro atoms. The molecule has 1 aromatic rings. The Labute approximate surface area is 136 Å². The van der Waals surface area contributed by atoms with E-state index in [0.717, 1.165) is 12.8 Å². The highest BCUT2D eigenvalue weighted by molar-refractivity contribution is 5.95. The molecule has 1 saturated heterocycles. The van der Waals surface area contributed by atoms with Crippen LogP contribution >= 0.6 is 0 Å². The van der Waals surface area contributed by atoms with Crippen LogP contribution in [-0.4, -0.2) is 58.0 Å².